The Bertz CT molecular complexity index is 712. The second-order valence-electron chi connectivity index (χ2n) is 4.17. The fourth-order valence-electron chi connectivity index (χ4n) is 1.88. The Morgan fingerprint density at radius 1 is 1.16 bits per heavy atom. The topological polar surface area (TPSA) is 37.3 Å². The normalized spacial score (nSPS) is 11.7. The van der Waals surface area contributed by atoms with Crippen LogP contribution in [0.15, 0.2) is 59.1 Å². The van der Waals surface area contributed by atoms with Crippen LogP contribution in [0, 0.1) is 0 Å². The Labute approximate surface area is 115 Å². The van der Waals surface area contributed by atoms with Crippen LogP contribution in [0.2, 0.25) is 0 Å². The maximum Gasteiger partial charge on any atom is 0.0951 e. The molecule has 0 unspecified atom stereocenters. The van der Waals surface area contributed by atoms with Crippen molar-refractivity contribution in [2.45, 2.75) is 6.92 Å². The number of aromatic nitrogens is 1. The number of anilines is 1. The second kappa shape index (κ2) is 5.20. The molecule has 0 aliphatic rings. The number of benzene rings is 1. The van der Waals surface area contributed by atoms with E-state index in [0.29, 0.717) is 0 Å². The molecule has 0 spiro atoms. The fourth-order valence-corrected chi connectivity index (χ4v) is 2.56. The molecule has 2 heterocycles. The molecule has 0 atom stereocenters. The molecule has 0 amide bonds. The molecule has 0 radical (unpaired) electrons. The van der Waals surface area contributed by atoms with Crippen molar-refractivity contribution in [2.24, 2.45) is 5.10 Å². The number of hydrogen-bond donors (Lipinski definition) is 1. The smallest absolute Gasteiger partial charge is 0.0951 e. The zero-order chi connectivity index (χ0) is 13.1. The van der Waals surface area contributed by atoms with Crippen LogP contribution in [0.4, 0.5) is 5.69 Å². The molecule has 3 aromatic rings. The van der Waals surface area contributed by atoms with E-state index in [9.17, 15) is 0 Å². The minimum Gasteiger partial charge on any atom is -0.276 e. The standard InChI is InChI=1S/C15H13N3S/c1-11(14-8-4-10-19-14)17-18-13-7-2-5-12-6-3-9-16-15(12)13/h2-10,18H,1H3/b17-11+. The molecule has 19 heavy (non-hydrogen) atoms. The van der Waals surface area contributed by atoms with Crippen LogP contribution in [0.25, 0.3) is 10.9 Å². The molecule has 4 heteroatoms. The molecule has 1 aromatic carbocycles. The van der Waals surface area contributed by atoms with E-state index in [2.05, 4.69) is 21.6 Å². The predicted octanol–water partition coefficient (Wildman–Crippen LogP) is 4.13. The van der Waals surface area contributed by atoms with Crippen molar-refractivity contribution in [3.8, 4) is 0 Å². The van der Waals surface area contributed by atoms with E-state index < -0.39 is 0 Å². The molecule has 0 fully saturated rings. The highest BCUT2D eigenvalue weighted by Crippen LogP contribution is 2.20. The lowest BCUT2D eigenvalue weighted by Gasteiger charge is -2.05. The van der Waals surface area contributed by atoms with Crippen LogP contribution in [0.3, 0.4) is 0 Å². The van der Waals surface area contributed by atoms with Crippen LogP contribution >= 0.6 is 11.3 Å². The number of thiophene rings is 1. The molecule has 3 rings (SSSR count). The Morgan fingerprint density at radius 2 is 2.05 bits per heavy atom. The second-order valence-corrected chi connectivity index (χ2v) is 5.11. The van der Waals surface area contributed by atoms with Crippen LogP contribution < -0.4 is 5.43 Å². The van der Waals surface area contributed by atoms with Gasteiger partial charge in [-0.15, -0.1) is 11.3 Å². The summed E-state index contributed by atoms with van der Waals surface area (Å²) < 4.78 is 0. The molecule has 0 bridgehead atoms. The summed E-state index contributed by atoms with van der Waals surface area (Å²) in [6.07, 6.45) is 1.79. The number of hydrazone groups is 1. The van der Waals surface area contributed by atoms with Gasteiger partial charge < -0.3 is 0 Å². The van der Waals surface area contributed by atoms with Gasteiger partial charge in [-0.2, -0.15) is 5.10 Å². The van der Waals surface area contributed by atoms with Crippen molar-refractivity contribution < 1.29 is 0 Å². The van der Waals surface area contributed by atoms with Crippen molar-refractivity contribution in [1.82, 2.24) is 4.98 Å². The molecule has 1 N–H and O–H groups in total. The highest BCUT2D eigenvalue weighted by Gasteiger charge is 2.01. The van der Waals surface area contributed by atoms with Gasteiger partial charge in [-0.1, -0.05) is 24.3 Å². The lowest BCUT2D eigenvalue weighted by Crippen LogP contribution is -1.98. The summed E-state index contributed by atoms with van der Waals surface area (Å²) in [5.41, 5.74) is 5.95. The first kappa shape index (κ1) is 11.9. The number of fused-ring (bicyclic) bond motifs is 1. The average molecular weight is 267 g/mol. The van der Waals surface area contributed by atoms with Crippen LogP contribution in [0.1, 0.15) is 11.8 Å². The molecular formula is C15H13N3S. The number of hydrogen-bond acceptors (Lipinski definition) is 4. The van der Waals surface area contributed by atoms with Crippen LogP contribution in [-0.4, -0.2) is 10.7 Å². The van der Waals surface area contributed by atoms with E-state index in [0.717, 1.165) is 22.3 Å². The number of pyridine rings is 1. The van der Waals surface area contributed by atoms with Crippen molar-refractivity contribution in [1.29, 1.82) is 0 Å². The maximum absolute atomic E-state index is 4.42. The summed E-state index contributed by atoms with van der Waals surface area (Å²) in [7, 11) is 0. The first-order valence-electron chi connectivity index (χ1n) is 6.02. The van der Waals surface area contributed by atoms with Gasteiger partial charge in [0.1, 0.15) is 0 Å². The summed E-state index contributed by atoms with van der Waals surface area (Å²) in [4.78, 5) is 5.56. The molecule has 0 aliphatic heterocycles. The van der Waals surface area contributed by atoms with E-state index in [4.69, 9.17) is 0 Å². The molecule has 94 valence electrons. The van der Waals surface area contributed by atoms with Gasteiger partial charge in [-0.3, -0.25) is 10.4 Å². The van der Waals surface area contributed by atoms with Crippen molar-refractivity contribution in [2.75, 3.05) is 5.43 Å². The maximum atomic E-state index is 4.42. The van der Waals surface area contributed by atoms with Gasteiger partial charge >= 0.3 is 0 Å². The van der Waals surface area contributed by atoms with E-state index in [1.807, 2.05) is 48.7 Å². The van der Waals surface area contributed by atoms with Crippen LogP contribution in [0.5, 0.6) is 0 Å². The minimum absolute atomic E-state index is 0.925. The van der Waals surface area contributed by atoms with E-state index in [1.165, 1.54) is 4.88 Å². The van der Waals surface area contributed by atoms with E-state index >= 15 is 0 Å². The Morgan fingerprint density at radius 3 is 2.89 bits per heavy atom. The highest BCUT2D eigenvalue weighted by atomic mass is 32.1. The SMILES string of the molecule is C/C(=N\Nc1cccc2cccnc12)c1cccs1. The minimum atomic E-state index is 0.925. The van der Waals surface area contributed by atoms with Gasteiger partial charge in [0, 0.05) is 16.5 Å². The largest absolute Gasteiger partial charge is 0.276 e. The summed E-state index contributed by atoms with van der Waals surface area (Å²) in [6, 6.07) is 14.1. The Kier molecular flexibility index (Phi) is 3.25. The van der Waals surface area contributed by atoms with Crippen molar-refractivity contribution in [3.05, 3.63) is 58.9 Å². The van der Waals surface area contributed by atoms with Crippen molar-refractivity contribution >= 4 is 33.6 Å². The van der Waals surface area contributed by atoms with Gasteiger partial charge in [0.25, 0.3) is 0 Å². The average Bonchev–Trinajstić information content (AvgIpc) is 2.99. The van der Waals surface area contributed by atoms with Gasteiger partial charge in [0.2, 0.25) is 0 Å². The summed E-state index contributed by atoms with van der Waals surface area (Å²) >= 11 is 1.68. The summed E-state index contributed by atoms with van der Waals surface area (Å²) in [5.74, 6) is 0. The molecule has 0 saturated heterocycles. The Balaban J connectivity index is 1.92. The lowest BCUT2D eigenvalue weighted by molar-refractivity contribution is 1.31. The molecular weight excluding hydrogens is 254 g/mol. The number of nitrogens with zero attached hydrogens (tertiary/aromatic N) is 2. The number of nitrogens with one attached hydrogen (secondary N) is 1. The third kappa shape index (κ3) is 2.48. The Hall–Kier alpha value is -2.20. The van der Waals surface area contributed by atoms with Gasteiger partial charge in [0.15, 0.2) is 0 Å². The zero-order valence-electron chi connectivity index (χ0n) is 10.5. The third-order valence-corrected chi connectivity index (χ3v) is 3.83. The summed E-state index contributed by atoms with van der Waals surface area (Å²) in [6.45, 7) is 2.00. The number of para-hydroxylation sites is 1. The molecule has 2 aromatic heterocycles. The van der Waals surface area contributed by atoms with E-state index in [1.54, 1.807) is 17.5 Å². The van der Waals surface area contributed by atoms with Gasteiger partial charge in [-0.05, 0) is 30.5 Å². The zero-order valence-corrected chi connectivity index (χ0v) is 11.3. The lowest BCUT2D eigenvalue weighted by atomic mass is 10.2. The monoisotopic (exact) mass is 267 g/mol. The molecule has 3 nitrogen and oxygen atoms in total. The van der Waals surface area contributed by atoms with Crippen LogP contribution in [-0.2, 0) is 0 Å². The molecule has 0 saturated carbocycles. The van der Waals surface area contributed by atoms with Gasteiger partial charge in [-0.25, -0.2) is 0 Å². The first-order valence-corrected chi connectivity index (χ1v) is 6.90. The third-order valence-electron chi connectivity index (χ3n) is 2.85. The number of rotatable bonds is 3. The predicted molar refractivity (Wildman–Crippen MR) is 81.9 cm³/mol. The van der Waals surface area contributed by atoms with E-state index in [-0.39, 0.29) is 0 Å². The fraction of sp³-hybridized carbons (Fsp3) is 0.0667. The van der Waals surface area contributed by atoms with Gasteiger partial charge in [0.05, 0.1) is 16.9 Å². The first-order chi connectivity index (χ1) is 9.34. The quantitative estimate of drug-likeness (QED) is 0.572. The van der Waals surface area contributed by atoms with Crippen molar-refractivity contribution in [3.63, 3.8) is 0 Å². The highest BCUT2D eigenvalue weighted by molar-refractivity contribution is 7.12. The molecule has 0 aliphatic carbocycles. The summed E-state index contributed by atoms with van der Waals surface area (Å²) in [5, 5.41) is 7.58.